The van der Waals surface area contributed by atoms with E-state index < -0.39 is 6.10 Å². The number of aromatic nitrogens is 1. The van der Waals surface area contributed by atoms with Gasteiger partial charge in [0.1, 0.15) is 5.82 Å². The fourth-order valence-electron chi connectivity index (χ4n) is 2.43. The van der Waals surface area contributed by atoms with Crippen LogP contribution in [0.2, 0.25) is 0 Å². The van der Waals surface area contributed by atoms with E-state index in [0.717, 1.165) is 23.9 Å². The van der Waals surface area contributed by atoms with Crippen molar-refractivity contribution >= 4 is 10.9 Å². The minimum Gasteiger partial charge on any atom is -0.388 e. The van der Waals surface area contributed by atoms with Crippen LogP contribution in [0.1, 0.15) is 44.3 Å². The summed E-state index contributed by atoms with van der Waals surface area (Å²) >= 11 is 0. The molecule has 2 nitrogen and oxygen atoms in total. The third kappa shape index (κ3) is 2.15. The maximum Gasteiger partial charge on any atom is 0.148 e. The highest BCUT2D eigenvalue weighted by Gasteiger charge is 2.36. The molecule has 1 aromatic carbocycles. The summed E-state index contributed by atoms with van der Waals surface area (Å²) in [5.74, 6) is -0.256. The van der Waals surface area contributed by atoms with E-state index in [2.05, 4.69) is 11.9 Å². The van der Waals surface area contributed by atoms with Crippen molar-refractivity contribution in [2.24, 2.45) is 5.41 Å². The number of halogens is 1. The number of benzene rings is 1. The van der Waals surface area contributed by atoms with Crippen LogP contribution in [0.25, 0.3) is 10.9 Å². The van der Waals surface area contributed by atoms with Gasteiger partial charge in [0.05, 0.1) is 6.10 Å². The normalized spacial score (nSPS) is 19.1. The maximum absolute atomic E-state index is 13.5. The molecule has 0 unspecified atom stereocenters. The summed E-state index contributed by atoms with van der Waals surface area (Å²) in [5.41, 5.74) is 2.03. The molecular weight excluding hydrogens is 229 g/mol. The predicted octanol–water partition coefficient (Wildman–Crippen LogP) is 3.92. The van der Waals surface area contributed by atoms with E-state index in [1.54, 1.807) is 6.07 Å². The van der Waals surface area contributed by atoms with Gasteiger partial charge < -0.3 is 10.1 Å². The number of rotatable bonds is 4. The first-order valence-corrected chi connectivity index (χ1v) is 6.52. The molecule has 0 bridgehead atoms. The van der Waals surface area contributed by atoms with Crippen molar-refractivity contribution in [3.63, 3.8) is 0 Å². The van der Waals surface area contributed by atoms with E-state index in [9.17, 15) is 9.50 Å². The Labute approximate surface area is 106 Å². The predicted molar refractivity (Wildman–Crippen MR) is 69.8 cm³/mol. The van der Waals surface area contributed by atoms with Gasteiger partial charge in [-0.15, -0.1) is 0 Å². The maximum atomic E-state index is 13.5. The van der Waals surface area contributed by atoms with Crippen molar-refractivity contribution in [3.8, 4) is 0 Å². The number of aliphatic hydroxyl groups excluding tert-OH is 1. The van der Waals surface area contributed by atoms with E-state index >= 15 is 0 Å². The molecule has 1 saturated carbocycles. The molecule has 0 amide bonds. The van der Waals surface area contributed by atoms with Gasteiger partial charge in [0.15, 0.2) is 0 Å². The molecule has 96 valence electrons. The number of fused-ring (bicyclic) bond motifs is 1. The standard InChI is InChI=1S/C15H18FNO/c1-15(6-7-15)5-4-14(18)10-2-3-13-11(8-10)12(16)9-17-13/h2-3,8-9,14,17-18H,4-7H2,1H3/t14-/m0/s1. The van der Waals surface area contributed by atoms with Gasteiger partial charge in [0.25, 0.3) is 0 Å². The molecule has 3 heteroatoms. The van der Waals surface area contributed by atoms with E-state index in [0.29, 0.717) is 10.8 Å². The van der Waals surface area contributed by atoms with Crippen LogP contribution in [0.4, 0.5) is 4.39 Å². The summed E-state index contributed by atoms with van der Waals surface area (Å²) in [7, 11) is 0. The topological polar surface area (TPSA) is 36.0 Å². The van der Waals surface area contributed by atoms with Crippen molar-refractivity contribution in [2.75, 3.05) is 0 Å². The number of nitrogens with one attached hydrogen (secondary N) is 1. The first kappa shape index (κ1) is 11.7. The number of hydrogen-bond acceptors (Lipinski definition) is 1. The lowest BCUT2D eigenvalue weighted by Gasteiger charge is -2.14. The molecule has 0 saturated heterocycles. The van der Waals surface area contributed by atoms with Gasteiger partial charge in [-0.3, -0.25) is 0 Å². The highest BCUT2D eigenvalue weighted by atomic mass is 19.1. The highest BCUT2D eigenvalue weighted by Crippen LogP contribution is 2.49. The zero-order valence-electron chi connectivity index (χ0n) is 10.5. The Hall–Kier alpha value is -1.35. The minimum atomic E-state index is -0.485. The third-order valence-corrected chi connectivity index (χ3v) is 4.16. The van der Waals surface area contributed by atoms with Crippen LogP contribution in [0.5, 0.6) is 0 Å². The van der Waals surface area contributed by atoms with Gasteiger partial charge in [-0.1, -0.05) is 13.0 Å². The molecular formula is C15H18FNO. The Morgan fingerprint density at radius 1 is 1.44 bits per heavy atom. The number of H-pyrrole nitrogens is 1. The Kier molecular flexibility index (Phi) is 2.67. The van der Waals surface area contributed by atoms with E-state index in [4.69, 9.17) is 0 Å². The van der Waals surface area contributed by atoms with Crippen molar-refractivity contribution in [1.82, 2.24) is 4.98 Å². The summed E-state index contributed by atoms with van der Waals surface area (Å²) in [4.78, 5) is 2.86. The Morgan fingerprint density at radius 2 is 2.22 bits per heavy atom. The number of aliphatic hydroxyl groups is 1. The molecule has 18 heavy (non-hydrogen) atoms. The second-order valence-electron chi connectivity index (χ2n) is 5.81. The summed E-state index contributed by atoms with van der Waals surface area (Å²) < 4.78 is 13.5. The molecule has 3 rings (SSSR count). The van der Waals surface area contributed by atoms with E-state index in [1.165, 1.54) is 19.0 Å². The largest absolute Gasteiger partial charge is 0.388 e. The second kappa shape index (κ2) is 4.09. The van der Waals surface area contributed by atoms with Crippen LogP contribution < -0.4 is 0 Å². The van der Waals surface area contributed by atoms with Crippen molar-refractivity contribution in [1.29, 1.82) is 0 Å². The average molecular weight is 247 g/mol. The van der Waals surface area contributed by atoms with Crippen molar-refractivity contribution < 1.29 is 9.50 Å². The van der Waals surface area contributed by atoms with Crippen LogP contribution in [0.15, 0.2) is 24.4 Å². The first-order chi connectivity index (χ1) is 8.57. The molecule has 2 aromatic rings. The molecule has 1 atom stereocenters. The van der Waals surface area contributed by atoms with E-state index in [-0.39, 0.29) is 5.82 Å². The molecule has 2 N–H and O–H groups in total. The van der Waals surface area contributed by atoms with Gasteiger partial charge in [0.2, 0.25) is 0 Å². The summed E-state index contributed by atoms with van der Waals surface area (Å²) in [6, 6.07) is 5.45. The van der Waals surface area contributed by atoms with Gasteiger partial charge >= 0.3 is 0 Å². The first-order valence-electron chi connectivity index (χ1n) is 6.52. The van der Waals surface area contributed by atoms with E-state index in [1.807, 2.05) is 12.1 Å². The van der Waals surface area contributed by atoms with Gasteiger partial charge in [0, 0.05) is 17.1 Å². The Bertz CT molecular complexity index is 571. The van der Waals surface area contributed by atoms with Crippen LogP contribution in [-0.4, -0.2) is 10.1 Å². The lowest BCUT2D eigenvalue weighted by Crippen LogP contribution is -2.01. The fourth-order valence-corrected chi connectivity index (χ4v) is 2.43. The second-order valence-corrected chi connectivity index (χ2v) is 5.81. The van der Waals surface area contributed by atoms with Gasteiger partial charge in [-0.2, -0.15) is 0 Å². The lowest BCUT2D eigenvalue weighted by atomic mass is 9.96. The van der Waals surface area contributed by atoms with Crippen LogP contribution in [-0.2, 0) is 0 Å². The fraction of sp³-hybridized carbons (Fsp3) is 0.467. The number of aromatic amines is 1. The molecule has 1 aliphatic rings. The van der Waals surface area contributed by atoms with Crippen molar-refractivity contribution in [2.45, 2.75) is 38.7 Å². The molecule has 0 radical (unpaired) electrons. The summed E-state index contributed by atoms with van der Waals surface area (Å²) in [5, 5.41) is 10.7. The third-order valence-electron chi connectivity index (χ3n) is 4.16. The quantitative estimate of drug-likeness (QED) is 0.844. The van der Waals surface area contributed by atoms with Crippen LogP contribution in [0, 0.1) is 11.2 Å². The highest BCUT2D eigenvalue weighted by molar-refractivity contribution is 5.80. The smallest absolute Gasteiger partial charge is 0.148 e. The minimum absolute atomic E-state index is 0.256. The molecule has 0 spiro atoms. The number of hydrogen-bond donors (Lipinski definition) is 2. The average Bonchev–Trinajstić information content (AvgIpc) is 3.00. The molecule has 1 aliphatic carbocycles. The summed E-state index contributed by atoms with van der Waals surface area (Å²) in [6.45, 7) is 2.26. The Balaban J connectivity index is 1.77. The molecule has 1 fully saturated rings. The lowest BCUT2D eigenvalue weighted by molar-refractivity contribution is 0.156. The summed E-state index contributed by atoms with van der Waals surface area (Å²) in [6.07, 6.45) is 5.21. The Morgan fingerprint density at radius 3 is 2.94 bits per heavy atom. The zero-order chi connectivity index (χ0) is 12.8. The molecule has 1 aromatic heterocycles. The van der Waals surface area contributed by atoms with Gasteiger partial charge in [-0.05, 0) is 48.8 Å². The zero-order valence-corrected chi connectivity index (χ0v) is 10.5. The van der Waals surface area contributed by atoms with Gasteiger partial charge in [-0.25, -0.2) is 4.39 Å². The molecule has 1 heterocycles. The van der Waals surface area contributed by atoms with Crippen LogP contribution in [0.3, 0.4) is 0 Å². The van der Waals surface area contributed by atoms with Crippen molar-refractivity contribution in [3.05, 3.63) is 35.8 Å². The monoisotopic (exact) mass is 247 g/mol. The molecule has 0 aliphatic heterocycles. The SMILES string of the molecule is CC1(CC[C@H](O)c2ccc3[nH]cc(F)c3c2)CC1. The van der Waals surface area contributed by atoms with Crippen LogP contribution >= 0.6 is 0 Å².